The lowest BCUT2D eigenvalue weighted by molar-refractivity contribution is 0.476. The maximum atomic E-state index is 11.9. The van der Waals surface area contributed by atoms with Gasteiger partial charge in [0, 0.05) is 19.3 Å². The zero-order chi connectivity index (χ0) is 12.5. The van der Waals surface area contributed by atoms with Gasteiger partial charge < -0.3 is 5.73 Å². The number of aryl methyl sites for hydroxylation is 1. The second kappa shape index (κ2) is 4.42. The molecule has 0 aromatic carbocycles. The quantitative estimate of drug-likeness (QED) is 0.801. The Morgan fingerprint density at radius 3 is 2.38 bits per heavy atom. The van der Waals surface area contributed by atoms with Gasteiger partial charge in [-0.2, -0.15) is 5.10 Å². The Morgan fingerprint density at radius 2 is 2.00 bits per heavy atom. The van der Waals surface area contributed by atoms with Crippen LogP contribution in [0.4, 0.5) is 5.82 Å². The van der Waals surface area contributed by atoms with Crippen molar-refractivity contribution in [3.63, 3.8) is 0 Å². The molecule has 0 aliphatic heterocycles. The summed E-state index contributed by atoms with van der Waals surface area (Å²) in [5, 5.41) is 3.80. The van der Waals surface area contributed by atoms with Crippen molar-refractivity contribution in [1.29, 1.82) is 0 Å². The van der Waals surface area contributed by atoms with Crippen LogP contribution in [0.1, 0.15) is 20.8 Å². The Balaban J connectivity index is 2.99. The van der Waals surface area contributed by atoms with E-state index in [1.807, 2.05) is 20.8 Å². The molecule has 0 radical (unpaired) electrons. The minimum atomic E-state index is -3.57. The van der Waals surface area contributed by atoms with E-state index in [0.717, 1.165) is 0 Å². The van der Waals surface area contributed by atoms with Gasteiger partial charge >= 0.3 is 0 Å². The molecule has 1 aromatic heterocycles. The van der Waals surface area contributed by atoms with Gasteiger partial charge in [0.1, 0.15) is 4.90 Å². The van der Waals surface area contributed by atoms with Crippen LogP contribution in [0.25, 0.3) is 0 Å². The highest BCUT2D eigenvalue weighted by atomic mass is 32.2. The molecule has 0 saturated carbocycles. The molecule has 0 spiro atoms. The molecule has 1 rings (SSSR count). The van der Waals surface area contributed by atoms with E-state index in [2.05, 4.69) is 9.82 Å². The van der Waals surface area contributed by atoms with Crippen molar-refractivity contribution < 1.29 is 8.42 Å². The van der Waals surface area contributed by atoms with Crippen LogP contribution in [-0.4, -0.2) is 24.2 Å². The first kappa shape index (κ1) is 13.0. The molecule has 0 amide bonds. The molecule has 0 bridgehead atoms. The first-order valence-electron chi connectivity index (χ1n) is 5.05. The van der Waals surface area contributed by atoms with Crippen LogP contribution in [0.15, 0.2) is 11.1 Å². The molecule has 1 aromatic rings. The average Bonchev–Trinajstić information content (AvgIpc) is 2.45. The number of hydrogen-bond acceptors (Lipinski definition) is 4. The zero-order valence-electron chi connectivity index (χ0n) is 9.93. The molecule has 1 unspecified atom stereocenters. The summed E-state index contributed by atoms with van der Waals surface area (Å²) in [4.78, 5) is 0.0301. The molecular formula is C9H18N4O2S. The van der Waals surface area contributed by atoms with Crippen molar-refractivity contribution in [2.75, 3.05) is 5.73 Å². The lowest BCUT2D eigenvalue weighted by Gasteiger charge is -2.16. The molecular weight excluding hydrogens is 228 g/mol. The molecule has 16 heavy (non-hydrogen) atoms. The topological polar surface area (TPSA) is 90.0 Å². The van der Waals surface area contributed by atoms with Crippen LogP contribution < -0.4 is 10.5 Å². The number of anilines is 1. The van der Waals surface area contributed by atoms with Gasteiger partial charge in [0.25, 0.3) is 0 Å². The minimum absolute atomic E-state index is 0.0194. The number of nitrogen functional groups attached to an aromatic ring is 1. The van der Waals surface area contributed by atoms with E-state index in [0.29, 0.717) is 0 Å². The summed E-state index contributed by atoms with van der Waals surface area (Å²) in [6.45, 7) is 5.70. The van der Waals surface area contributed by atoms with Gasteiger partial charge in [-0.25, -0.2) is 13.1 Å². The number of rotatable bonds is 4. The normalized spacial score (nSPS) is 14.3. The van der Waals surface area contributed by atoms with Gasteiger partial charge in [0.2, 0.25) is 10.0 Å². The van der Waals surface area contributed by atoms with E-state index in [1.54, 1.807) is 7.05 Å². The maximum Gasteiger partial charge on any atom is 0.246 e. The van der Waals surface area contributed by atoms with Gasteiger partial charge in [-0.3, -0.25) is 4.68 Å². The van der Waals surface area contributed by atoms with E-state index in [1.165, 1.54) is 10.9 Å². The van der Waals surface area contributed by atoms with Crippen LogP contribution in [0.5, 0.6) is 0 Å². The molecule has 1 heterocycles. The third kappa shape index (κ3) is 2.73. The molecule has 7 heteroatoms. The standard InChI is InChI=1S/C9H18N4O2S/c1-6(2)7(3)12-16(14,15)8-5-13(4)11-9(8)10/h5-7,12H,1-4H3,(H2,10,11). The number of sulfonamides is 1. The van der Waals surface area contributed by atoms with Crippen LogP contribution in [0.3, 0.4) is 0 Å². The van der Waals surface area contributed by atoms with E-state index in [9.17, 15) is 8.42 Å². The monoisotopic (exact) mass is 246 g/mol. The summed E-state index contributed by atoms with van der Waals surface area (Å²) in [6.07, 6.45) is 1.39. The van der Waals surface area contributed by atoms with E-state index < -0.39 is 10.0 Å². The fourth-order valence-electron chi connectivity index (χ4n) is 1.14. The van der Waals surface area contributed by atoms with Crippen molar-refractivity contribution in [1.82, 2.24) is 14.5 Å². The number of hydrogen-bond donors (Lipinski definition) is 2. The smallest absolute Gasteiger partial charge is 0.246 e. The summed E-state index contributed by atoms with van der Waals surface area (Å²) in [6, 6.07) is -0.149. The molecule has 0 aliphatic rings. The number of nitrogens with zero attached hydrogens (tertiary/aromatic N) is 2. The largest absolute Gasteiger partial charge is 0.381 e. The van der Waals surface area contributed by atoms with Crippen LogP contribution >= 0.6 is 0 Å². The van der Waals surface area contributed by atoms with Crippen molar-refractivity contribution >= 4 is 15.8 Å². The maximum absolute atomic E-state index is 11.9. The second-order valence-electron chi connectivity index (χ2n) is 4.21. The molecule has 0 saturated heterocycles. The Kier molecular flexibility index (Phi) is 3.59. The van der Waals surface area contributed by atoms with Gasteiger partial charge in [-0.15, -0.1) is 0 Å². The van der Waals surface area contributed by atoms with Crippen molar-refractivity contribution in [3.8, 4) is 0 Å². The molecule has 1 atom stereocenters. The van der Waals surface area contributed by atoms with Crippen LogP contribution in [0.2, 0.25) is 0 Å². The fraction of sp³-hybridized carbons (Fsp3) is 0.667. The molecule has 3 N–H and O–H groups in total. The highest BCUT2D eigenvalue weighted by Gasteiger charge is 2.23. The van der Waals surface area contributed by atoms with Gasteiger partial charge in [-0.1, -0.05) is 13.8 Å². The predicted octanol–water partition coefficient (Wildman–Crippen LogP) is 0.325. The Bertz CT molecular complexity index is 464. The minimum Gasteiger partial charge on any atom is -0.381 e. The van der Waals surface area contributed by atoms with Gasteiger partial charge in [0.05, 0.1) is 0 Å². The van der Waals surface area contributed by atoms with E-state index >= 15 is 0 Å². The Labute approximate surface area is 95.9 Å². The average molecular weight is 246 g/mol. The number of nitrogens with two attached hydrogens (primary N) is 1. The zero-order valence-corrected chi connectivity index (χ0v) is 10.7. The van der Waals surface area contributed by atoms with Crippen LogP contribution in [0, 0.1) is 5.92 Å². The first-order chi connectivity index (χ1) is 7.24. The predicted molar refractivity (Wildman–Crippen MR) is 62.2 cm³/mol. The number of nitrogens with one attached hydrogen (secondary N) is 1. The number of aromatic nitrogens is 2. The molecule has 6 nitrogen and oxygen atoms in total. The van der Waals surface area contributed by atoms with E-state index in [4.69, 9.17) is 5.73 Å². The fourth-order valence-corrected chi connectivity index (χ4v) is 2.63. The highest BCUT2D eigenvalue weighted by molar-refractivity contribution is 7.89. The summed E-state index contributed by atoms with van der Waals surface area (Å²) in [5.74, 6) is 0.235. The Hall–Kier alpha value is -1.08. The molecule has 0 aliphatic carbocycles. The lowest BCUT2D eigenvalue weighted by Crippen LogP contribution is -2.36. The highest BCUT2D eigenvalue weighted by Crippen LogP contribution is 2.16. The summed E-state index contributed by atoms with van der Waals surface area (Å²) in [5.41, 5.74) is 5.53. The summed E-state index contributed by atoms with van der Waals surface area (Å²) in [7, 11) is -1.95. The van der Waals surface area contributed by atoms with Crippen molar-refractivity contribution in [2.45, 2.75) is 31.7 Å². The van der Waals surface area contributed by atoms with Crippen molar-refractivity contribution in [2.24, 2.45) is 13.0 Å². The third-order valence-corrected chi connectivity index (χ3v) is 4.03. The van der Waals surface area contributed by atoms with Gasteiger partial charge in [0.15, 0.2) is 5.82 Å². The van der Waals surface area contributed by atoms with Gasteiger partial charge in [-0.05, 0) is 12.8 Å². The van der Waals surface area contributed by atoms with Crippen LogP contribution in [-0.2, 0) is 17.1 Å². The SMILES string of the molecule is CC(C)C(C)NS(=O)(=O)c1cn(C)nc1N. The second-order valence-corrected chi connectivity index (χ2v) is 5.89. The lowest BCUT2D eigenvalue weighted by atomic mass is 10.1. The summed E-state index contributed by atoms with van der Waals surface area (Å²) < 4.78 is 27.8. The first-order valence-corrected chi connectivity index (χ1v) is 6.54. The third-order valence-electron chi connectivity index (χ3n) is 2.45. The Morgan fingerprint density at radius 1 is 1.44 bits per heavy atom. The summed E-state index contributed by atoms with van der Waals surface area (Å²) >= 11 is 0. The van der Waals surface area contributed by atoms with Crippen molar-refractivity contribution in [3.05, 3.63) is 6.20 Å². The molecule has 92 valence electrons. The molecule has 0 fully saturated rings. The van der Waals surface area contributed by atoms with E-state index in [-0.39, 0.29) is 22.7 Å².